The number of para-hydroxylation sites is 1. The van der Waals surface area contributed by atoms with Gasteiger partial charge in [0, 0.05) is 31.2 Å². The smallest absolute Gasteiger partial charge is 0.405 e. The molecule has 1 aromatic heterocycles. The van der Waals surface area contributed by atoms with E-state index in [1.54, 1.807) is 6.07 Å². The molecule has 0 amide bonds. The normalized spacial score (nSPS) is 16.8. The van der Waals surface area contributed by atoms with E-state index in [1.807, 2.05) is 36.4 Å². The van der Waals surface area contributed by atoms with Gasteiger partial charge in [-0.05, 0) is 55.2 Å². The number of hydrogen-bond acceptors (Lipinski definition) is 8. The fourth-order valence-electron chi connectivity index (χ4n) is 5.93. The molecule has 0 aliphatic heterocycles. The van der Waals surface area contributed by atoms with Crippen molar-refractivity contribution in [3.8, 4) is 5.75 Å². The van der Waals surface area contributed by atoms with Crippen LogP contribution in [0.15, 0.2) is 84.9 Å². The molecule has 3 aromatic carbocycles. The van der Waals surface area contributed by atoms with Gasteiger partial charge in [-0.2, -0.15) is 4.98 Å². The van der Waals surface area contributed by atoms with Gasteiger partial charge in [0.2, 0.25) is 11.8 Å². The molecular formula is C33H35F3N6O3. The van der Waals surface area contributed by atoms with Crippen LogP contribution in [0.1, 0.15) is 48.1 Å². The molecule has 9 nitrogen and oxygen atoms in total. The maximum absolute atomic E-state index is 12.8. The molecule has 0 atom stereocenters. The number of nitro groups is 1. The quantitative estimate of drug-likeness (QED) is 0.125. The van der Waals surface area contributed by atoms with E-state index in [9.17, 15) is 23.3 Å². The highest BCUT2D eigenvalue weighted by Gasteiger charge is 2.32. The Balaban J connectivity index is 1.27. The van der Waals surface area contributed by atoms with E-state index in [0.29, 0.717) is 12.5 Å². The summed E-state index contributed by atoms with van der Waals surface area (Å²) >= 11 is 0. The SMILES string of the molecule is Nc1nc(NCc2ccccc2OC(F)(F)F)nc(CC2CCC(N(Cc3ccccc3)Cc3ccccc3)CC2)c1[N+](=O)[O-]. The van der Waals surface area contributed by atoms with Crippen molar-refractivity contribution in [1.29, 1.82) is 0 Å². The van der Waals surface area contributed by atoms with Gasteiger partial charge in [0.25, 0.3) is 0 Å². The monoisotopic (exact) mass is 620 g/mol. The summed E-state index contributed by atoms with van der Waals surface area (Å²) in [5.41, 5.74) is 8.59. The second-order valence-corrected chi connectivity index (χ2v) is 11.2. The first-order chi connectivity index (χ1) is 21.6. The Morgan fingerprint density at radius 2 is 1.47 bits per heavy atom. The summed E-state index contributed by atoms with van der Waals surface area (Å²) in [5.74, 6) is -0.505. The van der Waals surface area contributed by atoms with Crippen molar-refractivity contribution in [3.63, 3.8) is 0 Å². The Morgan fingerprint density at radius 1 is 0.889 bits per heavy atom. The molecular weight excluding hydrogens is 585 g/mol. The Kier molecular flexibility index (Phi) is 10.1. The fourth-order valence-corrected chi connectivity index (χ4v) is 5.93. The molecule has 3 N–H and O–H groups in total. The van der Waals surface area contributed by atoms with Crippen LogP contribution in [0.3, 0.4) is 0 Å². The fraction of sp³-hybridized carbons (Fsp3) is 0.333. The van der Waals surface area contributed by atoms with E-state index >= 15 is 0 Å². The van der Waals surface area contributed by atoms with Crippen molar-refractivity contribution in [2.24, 2.45) is 5.92 Å². The van der Waals surface area contributed by atoms with Crippen LogP contribution in [0, 0.1) is 16.0 Å². The molecule has 236 valence electrons. The molecule has 1 heterocycles. The van der Waals surface area contributed by atoms with E-state index in [1.165, 1.54) is 29.3 Å². The van der Waals surface area contributed by atoms with Crippen molar-refractivity contribution in [3.05, 3.63) is 117 Å². The lowest BCUT2D eigenvalue weighted by atomic mass is 9.82. The standard InChI is InChI=1S/C33H35F3N6O3/c34-33(35,36)45-29-14-8-7-13-26(29)20-38-32-39-28(30(42(43)44)31(37)40-32)19-23-15-17-27(18-16-23)41(21-24-9-3-1-4-10-24)22-25-11-5-2-6-12-25/h1-14,23,27H,15-22H2,(H3,37,38,39,40). The number of benzene rings is 3. The van der Waals surface area contributed by atoms with E-state index in [-0.39, 0.29) is 46.9 Å². The zero-order valence-corrected chi connectivity index (χ0v) is 24.6. The van der Waals surface area contributed by atoms with E-state index in [4.69, 9.17) is 5.73 Å². The van der Waals surface area contributed by atoms with Crippen molar-refractivity contribution >= 4 is 17.5 Å². The van der Waals surface area contributed by atoms with Gasteiger partial charge < -0.3 is 15.8 Å². The van der Waals surface area contributed by atoms with E-state index in [2.05, 4.69) is 49.2 Å². The molecule has 0 radical (unpaired) electrons. The molecule has 1 aliphatic rings. The van der Waals surface area contributed by atoms with Gasteiger partial charge >= 0.3 is 12.0 Å². The second kappa shape index (κ2) is 14.4. The number of alkyl halides is 3. The van der Waals surface area contributed by atoms with Crippen LogP contribution >= 0.6 is 0 Å². The molecule has 0 bridgehead atoms. The van der Waals surface area contributed by atoms with Gasteiger partial charge in [-0.1, -0.05) is 78.9 Å². The third-order valence-electron chi connectivity index (χ3n) is 8.07. The average Bonchev–Trinajstić information content (AvgIpc) is 3.01. The molecule has 0 spiro atoms. The zero-order chi connectivity index (χ0) is 31.8. The number of nitrogens with two attached hydrogens (primary N) is 1. The molecule has 1 fully saturated rings. The number of hydrogen-bond donors (Lipinski definition) is 2. The summed E-state index contributed by atoms with van der Waals surface area (Å²) in [5, 5.41) is 14.8. The number of ether oxygens (including phenoxy) is 1. The summed E-state index contributed by atoms with van der Waals surface area (Å²) in [6.45, 7) is 1.54. The third kappa shape index (κ3) is 8.91. The Morgan fingerprint density at radius 3 is 2.04 bits per heavy atom. The van der Waals surface area contributed by atoms with Crippen LogP contribution in [0.5, 0.6) is 5.75 Å². The molecule has 12 heteroatoms. The maximum atomic E-state index is 12.8. The van der Waals surface area contributed by atoms with Crippen LogP contribution in [0.2, 0.25) is 0 Å². The Bertz CT molecular complexity index is 1520. The largest absolute Gasteiger partial charge is 0.573 e. The first kappa shape index (κ1) is 31.7. The van der Waals surface area contributed by atoms with Crippen LogP contribution < -0.4 is 15.8 Å². The van der Waals surface area contributed by atoms with Gasteiger partial charge in [-0.3, -0.25) is 15.0 Å². The van der Waals surface area contributed by atoms with Gasteiger partial charge in [0.15, 0.2) is 0 Å². The topological polar surface area (TPSA) is 119 Å². The minimum absolute atomic E-state index is 0.000458. The van der Waals surface area contributed by atoms with Crippen LogP contribution in [-0.2, 0) is 26.1 Å². The summed E-state index contributed by atoms with van der Waals surface area (Å²) in [6.07, 6.45) is -0.931. The number of nitrogen functional groups attached to an aromatic ring is 1. The van der Waals surface area contributed by atoms with Crippen LogP contribution in [0.25, 0.3) is 0 Å². The molecule has 45 heavy (non-hydrogen) atoms. The number of halogens is 3. The van der Waals surface area contributed by atoms with Crippen molar-refractivity contribution in [1.82, 2.24) is 14.9 Å². The van der Waals surface area contributed by atoms with Crippen molar-refractivity contribution in [2.45, 2.75) is 64.1 Å². The Labute approximate surface area is 259 Å². The van der Waals surface area contributed by atoms with Gasteiger partial charge in [0.1, 0.15) is 11.4 Å². The van der Waals surface area contributed by atoms with Gasteiger partial charge in [-0.15, -0.1) is 13.2 Å². The highest BCUT2D eigenvalue weighted by molar-refractivity contribution is 5.58. The van der Waals surface area contributed by atoms with E-state index in [0.717, 1.165) is 38.8 Å². The van der Waals surface area contributed by atoms with E-state index < -0.39 is 11.3 Å². The number of nitrogens with zero attached hydrogens (tertiary/aromatic N) is 4. The van der Waals surface area contributed by atoms with Gasteiger partial charge in [0.05, 0.1) is 4.92 Å². The molecule has 5 rings (SSSR count). The lowest BCUT2D eigenvalue weighted by Crippen LogP contribution is -2.37. The number of nitrogens with one attached hydrogen (secondary N) is 1. The van der Waals surface area contributed by atoms with Crippen LogP contribution in [0.4, 0.5) is 30.6 Å². The Hall–Kier alpha value is -4.71. The predicted molar refractivity (Wildman–Crippen MR) is 165 cm³/mol. The number of rotatable bonds is 12. The third-order valence-corrected chi connectivity index (χ3v) is 8.07. The predicted octanol–water partition coefficient (Wildman–Crippen LogP) is 7.28. The van der Waals surface area contributed by atoms with Crippen molar-refractivity contribution in [2.75, 3.05) is 11.1 Å². The molecule has 1 aliphatic carbocycles. The molecule has 1 saturated carbocycles. The van der Waals surface area contributed by atoms with Crippen LogP contribution in [-0.4, -0.2) is 32.2 Å². The summed E-state index contributed by atoms with van der Waals surface area (Å²) in [4.78, 5) is 22.3. The average molecular weight is 621 g/mol. The second-order valence-electron chi connectivity index (χ2n) is 11.2. The molecule has 0 saturated heterocycles. The number of aromatic nitrogens is 2. The maximum Gasteiger partial charge on any atom is 0.573 e. The molecule has 4 aromatic rings. The summed E-state index contributed by atoms with van der Waals surface area (Å²) < 4.78 is 42.7. The first-order valence-electron chi connectivity index (χ1n) is 14.8. The summed E-state index contributed by atoms with van der Waals surface area (Å²) in [7, 11) is 0. The lowest BCUT2D eigenvalue weighted by molar-refractivity contribution is -0.385. The number of anilines is 2. The zero-order valence-electron chi connectivity index (χ0n) is 24.6. The summed E-state index contributed by atoms with van der Waals surface area (Å²) in [6, 6.07) is 26.8. The first-order valence-corrected chi connectivity index (χ1v) is 14.8. The highest BCUT2D eigenvalue weighted by Crippen LogP contribution is 2.35. The van der Waals surface area contributed by atoms with Gasteiger partial charge in [-0.25, -0.2) is 4.98 Å². The molecule has 0 unspecified atom stereocenters. The van der Waals surface area contributed by atoms with Crippen molar-refractivity contribution < 1.29 is 22.8 Å². The minimum Gasteiger partial charge on any atom is -0.405 e. The lowest BCUT2D eigenvalue weighted by Gasteiger charge is -2.37. The minimum atomic E-state index is -4.85. The highest BCUT2D eigenvalue weighted by atomic mass is 19.4.